The van der Waals surface area contributed by atoms with Crippen LogP contribution in [0.3, 0.4) is 0 Å². The zero-order valence-electron chi connectivity index (χ0n) is 18.0. The second-order valence-corrected chi connectivity index (χ2v) is 10.3. The molecule has 0 saturated heterocycles. The highest BCUT2D eigenvalue weighted by Gasteiger charge is 2.13. The van der Waals surface area contributed by atoms with Gasteiger partial charge in [0.15, 0.2) is 11.5 Å². The molecule has 6 nitrogen and oxygen atoms in total. The molecule has 174 valence electrons. The smallest absolute Gasteiger partial charge is 0.282 e. The van der Waals surface area contributed by atoms with Crippen LogP contribution >= 0.6 is 59.4 Å². The Morgan fingerprint density at radius 1 is 1.09 bits per heavy atom. The standard InChI is InChI=1S/C24H17Br3ClN3O3/c1-13-30-21-6-5-16(25)9-18(21)24(32)31(13)29-11-14-7-20(28)23(22(8-14)33-2)34-12-15-3-4-17(26)10-19(15)27/h3-11H,12H2,1-2H3. The summed E-state index contributed by atoms with van der Waals surface area (Å²) in [6.45, 7) is 2.02. The number of ether oxygens (including phenoxy) is 2. The minimum atomic E-state index is -0.266. The van der Waals surface area contributed by atoms with Gasteiger partial charge < -0.3 is 9.47 Å². The molecule has 0 spiro atoms. The van der Waals surface area contributed by atoms with E-state index in [4.69, 9.17) is 21.1 Å². The first-order valence-electron chi connectivity index (χ1n) is 9.94. The fraction of sp³-hybridized carbons (Fsp3) is 0.125. The second-order valence-electron chi connectivity index (χ2n) is 7.24. The Bertz CT molecular complexity index is 1490. The number of aryl methyl sites for hydroxylation is 1. The van der Waals surface area contributed by atoms with Crippen LogP contribution in [0.5, 0.6) is 11.5 Å². The molecule has 0 unspecified atom stereocenters. The third-order valence-corrected chi connectivity index (χ3v) is 6.94. The summed E-state index contributed by atoms with van der Waals surface area (Å²) in [5, 5.41) is 5.18. The number of hydrogen-bond acceptors (Lipinski definition) is 5. The fourth-order valence-electron chi connectivity index (χ4n) is 3.26. The third kappa shape index (κ3) is 5.38. The summed E-state index contributed by atoms with van der Waals surface area (Å²) in [5.41, 5.74) is 1.94. The molecule has 0 N–H and O–H groups in total. The fourth-order valence-corrected chi connectivity index (χ4v) is 5.06. The first-order chi connectivity index (χ1) is 16.3. The van der Waals surface area contributed by atoms with Gasteiger partial charge in [0, 0.05) is 19.0 Å². The van der Waals surface area contributed by atoms with E-state index in [0.717, 1.165) is 19.0 Å². The molecular weight excluding hydrogens is 653 g/mol. The lowest BCUT2D eigenvalue weighted by atomic mass is 10.2. The maximum Gasteiger partial charge on any atom is 0.282 e. The number of nitrogens with zero attached hydrogens (tertiary/aromatic N) is 3. The molecule has 1 aromatic heterocycles. The van der Waals surface area contributed by atoms with Gasteiger partial charge >= 0.3 is 0 Å². The first-order valence-corrected chi connectivity index (χ1v) is 12.7. The molecule has 0 amide bonds. The lowest BCUT2D eigenvalue weighted by molar-refractivity contribution is 0.284. The molecule has 1 heterocycles. The molecule has 0 atom stereocenters. The molecule has 0 fully saturated rings. The highest BCUT2D eigenvalue weighted by molar-refractivity contribution is 9.11. The number of methoxy groups -OCH3 is 1. The molecule has 0 bridgehead atoms. The third-order valence-electron chi connectivity index (χ3n) is 4.93. The maximum atomic E-state index is 12.9. The van der Waals surface area contributed by atoms with Gasteiger partial charge in [-0.3, -0.25) is 4.79 Å². The lowest BCUT2D eigenvalue weighted by Crippen LogP contribution is -2.20. The van der Waals surface area contributed by atoms with Crippen molar-refractivity contribution in [1.82, 2.24) is 9.66 Å². The molecule has 0 radical (unpaired) electrons. The van der Waals surface area contributed by atoms with Crippen molar-refractivity contribution in [2.24, 2.45) is 5.10 Å². The van der Waals surface area contributed by atoms with E-state index in [1.807, 2.05) is 24.3 Å². The molecule has 34 heavy (non-hydrogen) atoms. The molecule has 4 rings (SSSR count). The van der Waals surface area contributed by atoms with Crippen molar-refractivity contribution >= 4 is 76.5 Å². The van der Waals surface area contributed by atoms with Crippen molar-refractivity contribution in [3.8, 4) is 11.5 Å². The van der Waals surface area contributed by atoms with Crippen molar-refractivity contribution < 1.29 is 9.47 Å². The predicted octanol–water partition coefficient (Wildman–Crippen LogP) is 7.12. The van der Waals surface area contributed by atoms with E-state index >= 15 is 0 Å². The van der Waals surface area contributed by atoms with Crippen molar-refractivity contribution in [2.75, 3.05) is 7.11 Å². The largest absolute Gasteiger partial charge is 0.493 e. The average molecular weight is 671 g/mol. The van der Waals surface area contributed by atoms with Crippen LogP contribution in [0.2, 0.25) is 5.02 Å². The molecule has 0 aliphatic carbocycles. The van der Waals surface area contributed by atoms with Gasteiger partial charge in [0.05, 0.1) is 29.2 Å². The van der Waals surface area contributed by atoms with Crippen LogP contribution in [0, 0.1) is 6.92 Å². The Morgan fingerprint density at radius 2 is 1.82 bits per heavy atom. The van der Waals surface area contributed by atoms with Crippen LogP contribution < -0.4 is 15.0 Å². The monoisotopic (exact) mass is 667 g/mol. The summed E-state index contributed by atoms with van der Waals surface area (Å²) in [5.74, 6) is 1.34. The number of benzene rings is 3. The van der Waals surface area contributed by atoms with E-state index < -0.39 is 0 Å². The molecule has 0 saturated carbocycles. The quantitative estimate of drug-likeness (QED) is 0.205. The van der Waals surface area contributed by atoms with Crippen LogP contribution in [0.25, 0.3) is 10.9 Å². The molecule has 10 heteroatoms. The minimum Gasteiger partial charge on any atom is -0.493 e. The van der Waals surface area contributed by atoms with E-state index in [1.165, 1.54) is 18.0 Å². The average Bonchev–Trinajstić information content (AvgIpc) is 2.79. The van der Waals surface area contributed by atoms with E-state index in [9.17, 15) is 4.79 Å². The Balaban J connectivity index is 1.63. The van der Waals surface area contributed by atoms with Gasteiger partial charge in [0.25, 0.3) is 5.56 Å². The van der Waals surface area contributed by atoms with Crippen LogP contribution in [0.15, 0.2) is 71.8 Å². The first kappa shape index (κ1) is 24.9. The molecule has 0 aliphatic rings. The lowest BCUT2D eigenvalue weighted by Gasteiger charge is -2.14. The van der Waals surface area contributed by atoms with Crippen LogP contribution in [-0.4, -0.2) is 23.0 Å². The number of aromatic nitrogens is 2. The molecule has 3 aromatic carbocycles. The van der Waals surface area contributed by atoms with Gasteiger partial charge in [-0.15, -0.1) is 0 Å². The van der Waals surface area contributed by atoms with Crippen molar-refractivity contribution in [2.45, 2.75) is 13.5 Å². The van der Waals surface area contributed by atoms with Gasteiger partial charge in [-0.25, -0.2) is 4.98 Å². The topological polar surface area (TPSA) is 65.7 Å². The molecule has 0 aliphatic heterocycles. The highest BCUT2D eigenvalue weighted by Crippen LogP contribution is 2.37. The van der Waals surface area contributed by atoms with E-state index in [2.05, 4.69) is 57.9 Å². The van der Waals surface area contributed by atoms with Crippen LogP contribution in [-0.2, 0) is 6.61 Å². The van der Waals surface area contributed by atoms with Gasteiger partial charge in [-0.1, -0.05) is 65.5 Å². The van der Waals surface area contributed by atoms with Gasteiger partial charge in [0.1, 0.15) is 12.4 Å². The van der Waals surface area contributed by atoms with Gasteiger partial charge in [-0.2, -0.15) is 9.78 Å². The summed E-state index contributed by atoms with van der Waals surface area (Å²) in [7, 11) is 1.54. The Hall–Kier alpha value is -2.20. The number of hydrogen-bond donors (Lipinski definition) is 0. The Kier molecular flexibility index (Phi) is 7.77. The summed E-state index contributed by atoms with van der Waals surface area (Å²) < 4.78 is 15.4. The Morgan fingerprint density at radius 3 is 2.56 bits per heavy atom. The zero-order chi connectivity index (χ0) is 24.4. The van der Waals surface area contributed by atoms with Crippen LogP contribution in [0.4, 0.5) is 0 Å². The van der Waals surface area contributed by atoms with Crippen molar-refractivity contribution in [3.05, 3.63) is 94.3 Å². The normalized spacial score (nSPS) is 11.4. The van der Waals surface area contributed by atoms with E-state index in [1.54, 1.807) is 31.2 Å². The summed E-state index contributed by atoms with van der Waals surface area (Å²) in [6, 6.07) is 14.6. The van der Waals surface area contributed by atoms with Crippen molar-refractivity contribution in [3.63, 3.8) is 0 Å². The number of halogens is 4. The SMILES string of the molecule is COc1cc(C=Nn2c(C)nc3ccc(Br)cc3c2=O)cc(Cl)c1OCc1ccc(Br)cc1Br. The van der Waals surface area contributed by atoms with Gasteiger partial charge in [0.2, 0.25) is 0 Å². The Labute approximate surface area is 225 Å². The van der Waals surface area contributed by atoms with E-state index in [-0.39, 0.29) is 5.56 Å². The predicted molar refractivity (Wildman–Crippen MR) is 146 cm³/mol. The minimum absolute atomic E-state index is 0.266. The summed E-state index contributed by atoms with van der Waals surface area (Å²) in [4.78, 5) is 17.4. The summed E-state index contributed by atoms with van der Waals surface area (Å²) >= 11 is 16.9. The maximum absolute atomic E-state index is 12.9. The second kappa shape index (κ2) is 10.6. The molecular formula is C24H17Br3ClN3O3. The van der Waals surface area contributed by atoms with Crippen molar-refractivity contribution in [1.29, 1.82) is 0 Å². The zero-order valence-corrected chi connectivity index (χ0v) is 23.5. The van der Waals surface area contributed by atoms with E-state index in [0.29, 0.717) is 45.4 Å². The summed E-state index contributed by atoms with van der Waals surface area (Å²) in [6.07, 6.45) is 1.53. The van der Waals surface area contributed by atoms with Crippen LogP contribution in [0.1, 0.15) is 17.0 Å². The number of fused-ring (bicyclic) bond motifs is 1. The highest BCUT2D eigenvalue weighted by atomic mass is 79.9. The molecule has 4 aromatic rings. The van der Waals surface area contributed by atoms with Gasteiger partial charge in [-0.05, 0) is 55.0 Å². The number of rotatable bonds is 6.